The molecule has 1 unspecified atom stereocenters. The second kappa shape index (κ2) is 7.30. The number of quaternary nitrogens is 1. The SMILES string of the molecule is O=C(C[NH+]1CCc2ccccc2C1)Nc1ccc(N2CCCC2=O)cc1. The standard InChI is InChI=1S/C21H23N3O2/c25-20(15-23-13-11-16-4-1-2-5-17(16)14-23)22-18-7-9-19(10-8-18)24-12-3-6-21(24)26/h1-2,4-5,7-10H,3,6,11-15H2,(H,22,25)/p+1. The molecular weight excluding hydrogens is 326 g/mol. The summed E-state index contributed by atoms with van der Waals surface area (Å²) in [5.41, 5.74) is 4.44. The maximum atomic E-state index is 12.4. The second-order valence-corrected chi connectivity index (χ2v) is 7.12. The highest BCUT2D eigenvalue weighted by Gasteiger charge is 2.23. The molecular formula is C21H24N3O2+. The maximum absolute atomic E-state index is 12.4. The Labute approximate surface area is 153 Å². The van der Waals surface area contributed by atoms with Crippen LogP contribution in [0.5, 0.6) is 0 Å². The first kappa shape index (κ1) is 16.8. The maximum Gasteiger partial charge on any atom is 0.279 e. The van der Waals surface area contributed by atoms with Crippen LogP contribution in [0, 0.1) is 0 Å². The van der Waals surface area contributed by atoms with E-state index in [4.69, 9.17) is 0 Å². The summed E-state index contributed by atoms with van der Waals surface area (Å²) in [6.45, 7) is 3.14. The van der Waals surface area contributed by atoms with Gasteiger partial charge in [0.05, 0.1) is 6.54 Å². The number of anilines is 2. The molecule has 0 aliphatic carbocycles. The Hall–Kier alpha value is -2.66. The normalized spacial score (nSPS) is 19.3. The predicted molar refractivity (Wildman–Crippen MR) is 101 cm³/mol. The van der Waals surface area contributed by atoms with Gasteiger partial charge in [0.1, 0.15) is 6.54 Å². The van der Waals surface area contributed by atoms with Gasteiger partial charge in [0, 0.05) is 36.3 Å². The first-order valence-electron chi connectivity index (χ1n) is 9.30. The van der Waals surface area contributed by atoms with Crippen molar-refractivity contribution in [3.63, 3.8) is 0 Å². The summed E-state index contributed by atoms with van der Waals surface area (Å²) in [5.74, 6) is 0.208. The van der Waals surface area contributed by atoms with Crippen molar-refractivity contribution in [2.24, 2.45) is 0 Å². The molecule has 1 saturated heterocycles. The summed E-state index contributed by atoms with van der Waals surface area (Å²) in [5, 5.41) is 2.98. The zero-order valence-electron chi connectivity index (χ0n) is 14.8. The van der Waals surface area contributed by atoms with Crippen LogP contribution in [-0.4, -0.2) is 31.4 Å². The van der Waals surface area contributed by atoms with Crippen LogP contribution >= 0.6 is 0 Å². The monoisotopic (exact) mass is 350 g/mol. The molecule has 1 fully saturated rings. The molecule has 26 heavy (non-hydrogen) atoms. The van der Waals surface area contributed by atoms with Gasteiger partial charge < -0.3 is 15.1 Å². The van der Waals surface area contributed by atoms with E-state index in [-0.39, 0.29) is 11.8 Å². The molecule has 1 atom stereocenters. The number of rotatable bonds is 4. The highest BCUT2D eigenvalue weighted by Crippen LogP contribution is 2.22. The lowest BCUT2D eigenvalue weighted by Crippen LogP contribution is -3.12. The molecule has 2 aliphatic rings. The quantitative estimate of drug-likeness (QED) is 0.876. The zero-order valence-corrected chi connectivity index (χ0v) is 14.8. The van der Waals surface area contributed by atoms with Crippen LogP contribution in [0.25, 0.3) is 0 Å². The molecule has 4 rings (SSSR count). The largest absolute Gasteiger partial charge is 0.323 e. The lowest BCUT2D eigenvalue weighted by atomic mass is 10.00. The zero-order chi connectivity index (χ0) is 17.9. The van der Waals surface area contributed by atoms with E-state index >= 15 is 0 Å². The number of amides is 2. The van der Waals surface area contributed by atoms with Crippen LogP contribution in [0.3, 0.4) is 0 Å². The number of nitrogens with one attached hydrogen (secondary N) is 2. The van der Waals surface area contributed by atoms with Crippen molar-refractivity contribution in [2.45, 2.75) is 25.8 Å². The fourth-order valence-electron chi connectivity index (χ4n) is 3.87. The van der Waals surface area contributed by atoms with Gasteiger partial charge in [-0.3, -0.25) is 9.59 Å². The van der Waals surface area contributed by atoms with Crippen LogP contribution in [0.2, 0.25) is 0 Å². The van der Waals surface area contributed by atoms with Crippen molar-refractivity contribution in [1.82, 2.24) is 0 Å². The van der Waals surface area contributed by atoms with Gasteiger partial charge in [-0.1, -0.05) is 24.3 Å². The minimum absolute atomic E-state index is 0.0318. The molecule has 0 bridgehead atoms. The molecule has 0 radical (unpaired) electrons. The van der Waals surface area contributed by atoms with Gasteiger partial charge in [-0.25, -0.2) is 0 Å². The van der Waals surface area contributed by atoms with E-state index in [1.54, 1.807) is 4.90 Å². The van der Waals surface area contributed by atoms with E-state index in [9.17, 15) is 9.59 Å². The Morgan fingerprint density at radius 2 is 1.81 bits per heavy atom. The molecule has 134 valence electrons. The molecule has 5 nitrogen and oxygen atoms in total. The Bertz CT molecular complexity index is 816. The van der Waals surface area contributed by atoms with Crippen LogP contribution in [0.4, 0.5) is 11.4 Å². The molecule has 2 aliphatic heterocycles. The van der Waals surface area contributed by atoms with Gasteiger partial charge in [0.15, 0.2) is 6.54 Å². The average molecular weight is 350 g/mol. The number of hydrogen-bond acceptors (Lipinski definition) is 2. The van der Waals surface area contributed by atoms with Crippen molar-refractivity contribution >= 4 is 23.2 Å². The summed E-state index contributed by atoms with van der Waals surface area (Å²) in [6, 6.07) is 16.0. The Morgan fingerprint density at radius 3 is 2.54 bits per heavy atom. The minimum Gasteiger partial charge on any atom is -0.323 e. The molecule has 2 heterocycles. The Morgan fingerprint density at radius 1 is 1.04 bits per heavy atom. The summed E-state index contributed by atoms with van der Waals surface area (Å²) >= 11 is 0. The van der Waals surface area contributed by atoms with E-state index in [2.05, 4.69) is 29.6 Å². The molecule has 0 spiro atoms. The van der Waals surface area contributed by atoms with Gasteiger partial charge in [-0.15, -0.1) is 0 Å². The smallest absolute Gasteiger partial charge is 0.279 e. The molecule has 0 aromatic heterocycles. The van der Waals surface area contributed by atoms with Crippen LogP contribution in [0.15, 0.2) is 48.5 Å². The van der Waals surface area contributed by atoms with E-state index in [1.165, 1.54) is 16.0 Å². The van der Waals surface area contributed by atoms with E-state index < -0.39 is 0 Å². The van der Waals surface area contributed by atoms with Crippen LogP contribution in [-0.2, 0) is 22.6 Å². The molecule has 5 heteroatoms. The molecule has 2 aromatic carbocycles. The molecule has 2 amide bonds. The van der Waals surface area contributed by atoms with Gasteiger partial charge >= 0.3 is 0 Å². The van der Waals surface area contributed by atoms with Crippen molar-refractivity contribution in [1.29, 1.82) is 0 Å². The third-order valence-corrected chi connectivity index (χ3v) is 5.25. The van der Waals surface area contributed by atoms with Crippen molar-refractivity contribution in [3.8, 4) is 0 Å². The molecule has 2 N–H and O–H groups in total. The third kappa shape index (κ3) is 3.63. The number of carbonyl (C=O) groups excluding carboxylic acids is 2. The minimum atomic E-state index is 0.0318. The van der Waals surface area contributed by atoms with Gasteiger partial charge in [-0.05, 0) is 36.2 Å². The Kier molecular flexibility index (Phi) is 4.71. The predicted octanol–water partition coefficient (Wildman–Crippen LogP) is 1.39. The summed E-state index contributed by atoms with van der Waals surface area (Å²) in [6.07, 6.45) is 2.57. The van der Waals surface area contributed by atoms with Gasteiger partial charge in [0.25, 0.3) is 5.91 Å². The molecule has 2 aromatic rings. The number of carbonyl (C=O) groups is 2. The van der Waals surface area contributed by atoms with Crippen LogP contribution in [0.1, 0.15) is 24.0 Å². The van der Waals surface area contributed by atoms with E-state index in [1.807, 2.05) is 24.3 Å². The number of benzene rings is 2. The second-order valence-electron chi connectivity index (χ2n) is 7.12. The topological polar surface area (TPSA) is 53.9 Å². The average Bonchev–Trinajstić information content (AvgIpc) is 3.08. The first-order valence-corrected chi connectivity index (χ1v) is 9.30. The fourth-order valence-corrected chi connectivity index (χ4v) is 3.87. The Balaban J connectivity index is 1.33. The summed E-state index contributed by atoms with van der Waals surface area (Å²) in [7, 11) is 0. The summed E-state index contributed by atoms with van der Waals surface area (Å²) < 4.78 is 0. The van der Waals surface area contributed by atoms with E-state index in [0.717, 1.165) is 43.9 Å². The fraction of sp³-hybridized carbons (Fsp3) is 0.333. The summed E-state index contributed by atoms with van der Waals surface area (Å²) in [4.78, 5) is 27.3. The number of hydrogen-bond donors (Lipinski definition) is 2. The molecule has 0 saturated carbocycles. The van der Waals surface area contributed by atoms with Crippen molar-refractivity contribution in [2.75, 3.05) is 29.9 Å². The van der Waals surface area contributed by atoms with Crippen LogP contribution < -0.4 is 15.1 Å². The van der Waals surface area contributed by atoms with Crippen molar-refractivity contribution in [3.05, 3.63) is 59.7 Å². The van der Waals surface area contributed by atoms with Gasteiger partial charge in [-0.2, -0.15) is 0 Å². The highest BCUT2D eigenvalue weighted by atomic mass is 16.2. The lowest BCUT2D eigenvalue weighted by molar-refractivity contribution is -0.907. The first-order chi connectivity index (χ1) is 12.7. The number of fused-ring (bicyclic) bond motifs is 1. The number of nitrogens with zero attached hydrogens (tertiary/aromatic N) is 1. The third-order valence-electron chi connectivity index (χ3n) is 5.25. The highest BCUT2D eigenvalue weighted by molar-refractivity contribution is 5.96. The van der Waals surface area contributed by atoms with Gasteiger partial charge in [0.2, 0.25) is 5.91 Å². The lowest BCUT2D eigenvalue weighted by Gasteiger charge is -2.25. The van der Waals surface area contributed by atoms with E-state index in [0.29, 0.717) is 13.0 Å². The van der Waals surface area contributed by atoms with Crippen molar-refractivity contribution < 1.29 is 14.5 Å².